The molecule has 2 nitrogen and oxygen atoms in total. The van der Waals surface area contributed by atoms with Crippen LogP contribution in [-0.4, -0.2) is 4.57 Å². The van der Waals surface area contributed by atoms with Crippen LogP contribution >= 0.6 is 11.3 Å². The van der Waals surface area contributed by atoms with E-state index in [1.165, 1.54) is 80.6 Å². The minimum Gasteiger partial charge on any atom is -0.309 e. The van der Waals surface area contributed by atoms with Crippen LogP contribution in [0.1, 0.15) is 0 Å². The first-order chi connectivity index (χ1) is 30.3. The smallest absolute Gasteiger partial charge is 0.0640 e. The average molecular weight is 795 g/mol. The maximum Gasteiger partial charge on any atom is 0.0640 e. The van der Waals surface area contributed by atoms with Crippen molar-refractivity contribution in [1.29, 1.82) is 0 Å². The number of benzene rings is 10. The van der Waals surface area contributed by atoms with Crippen LogP contribution in [0.2, 0.25) is 0 Å². The van der Waals surface area contributed by atoms with Gasteiger partial charge in [-0.25, -0.2) is 0 Å². The van der Waals surface area contributed by atoms with Crippen molar-refractivity contribution in [1.82, 2.24) is 4.57 Å². The molecule has 12 rings (SSSR count). The molecular weight excluding hydrogens is 757 g/mol. The molecule has 2 heterocycles. The van der Waals surface area contributed by atoms with Gasteiger partial charge in [0, 0.05) is 48.6 Å². The van der Waals surface area contributed by atoms with Crippen LogP contribution in [0.25, 0.3) is 91.8 Å². The summed E-state index contributed by atoms with van der Waals surface area (Å²) in [5, 5.41) is 7.48. The summed E-state index contributed by atoms with van der Waals surface area (Å²) in [5.74, 6) is 0. The Balaban J connectivity index is 1.18. The molecule has 0 bridgehead atoms. The lowest BCUT2D eigenvalue weighted by Crippen LogP contribution is -2.13. The average Bonchev–Trinajstić information content (AvgIpc) is 3.89. The van der Waals surface area contributed by atoms with E-state index in [9.17, 15) is 0 Å². The van der Waals surface area contributed by atoms with E-state index in [0.717, 1.165) is 28.3 Å². The number of hydrogen-bond acceptors (Lipinski definition) is 2. The molecule has 2 aromatic heterocycles. The van der Waals surface area contributed by atoms with Gasteiger partial charge in [-0.3, -0.25) is 0 Å². The van der Waals surface area contributed by atoms with E-state index in [0.29, 0.717) is 0 Å². The van der Waals surface area contributed by atoms with Crippen molar-refractivity contribution in [3.63, 3.8) is 0 Å². The number of nitrogens with zero attached hydrogens (tertiary/aromatic N) is 2. The van der Waals surface area contributed by atoms with Crippen molar-refractivity contribution in [2.24, 2.45) is 0 Å². The molecule has 0 spiro atoms. The standard InChI is InChI=1S/C58H38N2S/c1-3-19-39(20-4-1)42-29-15-21-40-22-16-30-47(56(40)42)43-25-7-12-35-52(43)60(54-37-18-33-50-46-28-10-14-38-55(46)61-58(50)54)53-36-13-9-27-45(53)49-32-17-31-48-44-26-8-11-34-51(44)59(57(48)49)41-23-5-2-6-24-41/h1-38H. The van der Waals surface area contributed by atoms with Crippen molar-refractivity contribution < 1.29 is 0 Å². The Kier molecular flexibility index (Phi) is 8.39. The molecule has 12 aromatic rings. The highest BCUT2D eigenvalue weighted by Crippen LogP contribution is 2.51. The van der Waals surface area contributed by atoms with Gasteiger partial charge in [0.15, 0.2) is 0 Å². The molecule has 0 aliphatic rings. The topological polar surface area (TPSA) is 8.17 Å². The molecule has 0 saturated heterocycles. The maximum atomic E-state index is 2.54. The summed E-state index contributed by atoms with van der Waals surface area (Å²) in [6, 6.07) is 84.3. The van der Waals surface area contributed by atoms with E-state index in [4.69, 9.17) is 0 Å². The van der Waals surface area contributed by atoms with Gasteiger partial charge in [0.05, 0.1) is 32.8 Å². The van der Waals surface area contributed by atoms with Crippen LogP contribution < -0.4 is 4.90 Å². The molecule has 0 unspecified atom stereocenters. The van der Waals surface area contributed by atoms with Gasteiger partial charge in [0.1, 0.15) is 0 Å². The quantitative estimate of drug-likeness (QED) is 0.156. The summed E-state index contributed by atoms with van der Waals surface area (Å²) >= 11 is 1.87. The summed E-state index contributed by atoms with van der Waals surface area (Å²) in [4.78, 5) is 2.54. The Labute approximate surface area is 358 Å². The molecule has 0 radical (unpaired) electrons. The lowest BCUT2D eigenvalue weighted by molar-refractivity contribution is 1.18. The maximum absolute atomic E-state index is 2.54. The normalized spacial score (nSPS) is 11.6. The molecule has 0 atom stereocenters. The zero-order chi connectivity index (χ0) is 40.3. The fraction of sp³-hybridized carbons (Fsp3) is 0. The van der Waals surface area contributed by atoms with Crippen LogP contribution in [0.15, 0.2) is 231 Å². The van der Waals surface area contributed by atoms with Crippen LogP contribution in [0.3, 0.4) is 0 Å². The van der Waals surface area contributed by atoms with Crippen molar-refractivity contribution >= 4 is 81.1 Å². The SMILES string of the molecule is c1ccc(-c2cccc3cccc(-c4ccccc4N(c4ccccc4-c4cccc5c6ccccc6n(-c6ccccc6)c45)c4cccc5c4sc4ccccc45)c23)cc1. The van der Waals surface area contributed by atoms with Gasteiger partial charge in [0.2, 0.25) is 0 Å². The summed E-state index contributed by atoms with van der Waals surface area (Å²) in [6.45, 7) is 0. The first-order valence-electron chi connectivity index (χ1n) is 20.9. The molecular formula is C58H38N2S. The Morgan fingerprint density at radius 3 is 1.66 bits per heavy atom. The van der Waals surface area contributed by atoms with E-state index in [-0.39, 0.29) is 0 Å². The summed E-state index contributed by atoms with van der Waals surface area (Å²) in [7, 11) is 0. The molecule has 0 saturated carbocycles. The Morgan fingerprint density at radius 1 is 0.344 bits per heavy atom. The zero-order valence-electron chi connectivity index (χ0n) is 33.2. The second-order valence-electron chi connectivity index (χ2n) is 15.6. The lowest BCUT2D eigenvalue weighted by Gasteiger charge is -2.31. The van der Waals surface area contributed by atoms with Crippen LogP contribution in [-0.2, 0) is 0 Å². The fourth-order valence-electron chi connectivity index (χ4n) is 9.60. The summed E-state index contributed by atoms with van der Waals surface area (Å²) in [6.07, 6.45) is 0. The van der Waals surface area contributed by atoms with E-state index < -0.39 is 0 Å². The Bertz CT molecular complexity index is 3590. The van der Waals surface area contributed by atoms with Gasteiger partial charge in [-0.2, -0.15) is 0 Å². The first-order valence-corrected chi connectivity index (χ1v) is 21.7. The second-order valence-corrected chi connectivity index (χ2v) is 16.6. The van der Waals surface area contributed by atoms with Crippen molar-refractivity contribution in [3.05, 3.63) is 231 Å². The van der Waals surface area contributed by atoms with E-state index in [1.807, 2.05) is 11.3 Å². The molecule has 0 N–H and O–H groups in total. The second kappa shape index (κ2) is 14.5. The highest BCUT2D eigenvalue weighted by molar-refractivity contribution is 7.26. The number of hydrogen-bond donors (Lipinski definition) is 0. The molecule has 0 aliphatic heterocycles. The number of anilines is 3. The van der Waals surface area contributed by atoms with Crippen LogP contribution in [0, 0.1) is 0 Å². The van der Waals surface area contributed by atoms with Crippen molar-refractivity contribution in [2.75, 3.05) is 4.90 Å². The number of thiophene rings is 1. The summed E-state index contributed by atoms with van der Waals surface area (Å²) < 4.78 is 4.99. The highest BCUT2D eigenvalue weighted by Gasteiger charge is 2.26. The molecule has 61 heavy (non-hydrogen) atoms. The Hall–Kier alpha value is -7.72. The first kappa shape index (κ1) is 35.2. The van der Waals surface area contributed by atoms with Gasteiger partial charge in [-0.1, -0.05) is 188 Å². The van der Waals surface area contributed by atoms with Crippen LogP contribution in [0.4, 0.5) is 17.1 Å². The third-order valence-corrected chi connectivity index (χ3v) is 13.4. The Morgan fingerprint density at radius 2 is 0.869 bits per heavy atom. The van der Waals surface area contributed by atoms with Gasteiger partial charge in [-0.15, -0.1) is 11.3 Å². The third-order valence-electron chi connectivity index (χ3n) is 12.2. The van der Waals surface area contributed by atoms with Gasteiger partial charge < -0.3 is 9.47 Å². The minimum absolute atomic E-state index is 1.11. The molecule has 3 heteroatoms. The van der Waals surface area contributed by atoms with Gasteiger partial charge in [0.25, 0.3) is 0 Å². The molecule has 0 aliphatic carbocycles. The number of aromatic nitrogens is 1. The molecule has 0 fully saturated rings. The zero-order valence-corrected chi connectivity index (χ0v) is 34.1. The van der Waals surface area contributed by atoms with Gasteiger partial charge in [-0.05, 0) is 69.9 Å². The molecule has 0 amide bonds. The number of fused-ring (bicyclic) bond motifs is 7. The molecule has 286 valence electrons. The van der Waals surface area contributed by atoms with E-state index in [1.54, 1.807) is 0 Å². The van der Waals surface area contributed by atoms with Gasteiger partial charge >= 0.3 is 0 Å². The van der Waals surface area contributed by atoms with Crippen molar-refractivity contribution in [2.45, 2.75) is 0 Å². The predicted octanol–water partition coefficient (Wildman–Crippen LogP) is 16.8. The fourth-order valence-corrected chi connectivity index (χ4v) is 10.8. The predicted molar refractivity (Wildman–Crippen MR) is 262 cm³/mol. The number of para-hydroxylation sites is 5. The highest BCUT2D eigenvalue weighted by atomic mass is 32.1. The minimum atomic E-state index is 1.11. The third kappa shape index (κ3) is 5.70. The van der Waals surface area contributed by atoms with E-state index in [2.05, 4.69) is 240 Å². The molecule has 10 aromatic carbocycles. The number of rotatable bonds is 7. The summed E-state index contributed by atoms with van der Waals surface area (Å²) in [5.41, 5.74) is 14.0. The monoisotopic (exact) mass is 794 g/mol. The lowest BCUT2D eigenvalue weighted by atomic mass is 9.90. The largest absolute Gasteiger partial charge is 0.309 e. The van der Waals surface area contributed by atoms with Crippen molar-refractivity contribution in [3.8, 4) is 39.1 Å². The van der Waals surface area contributed by atoms with Crippen LogP contribution in [0.5, 0.6) is 0 Å². The van der Waals surface area contributed by atoms with E-state index >= 15 is 0 Å².